The molecule has 2 aliphatic rings. The van der Waals surface area contributed by atoms with Gasteiger partial charge in [-0.3, -0.25) is 0 Å². The quantitative estimate of drug-likeness (QED) is 0.719. The Morgan fingerprint density at radius 3 is 2.67 bits per heavy atom. The summed E-state index contributed by atoms with van der Waals surface area (Å²) in [4.78, 5) is 27.2. The maximum absolute atomic E-state index is 12.7. The largest absolute Gasteiger partial charge is 0.453 e. The van der Waals surface area contributed by atoms with Gasteiger partial charge in [0, 0.05) is 19.0 Å². The van der Waals surface area contributed by atoms with Crippen LogP contribution < -0.4 is 5.32 Å². The summed E-state index contributed by atoms with van der Waals surface area (Å²) in [5.74, 6) is -0.593. The molecule has 2 heterocycles. The normalized spacial score (nSPS) is 28.2. The molecule has 0 saturated carbocycles. The van der Waals surface area contributed by atoms with Crippen molar-refractivity contribution >= 4 is 23.8 Å². The smallest absolute Gasteiger partial charge is 0.408 e. The van der Waals surface area contributed by atoms with Crippen molar-refractivity contribution in [1.29, 1.82) is 5.26 Å². The average molecular weight is 396 g/mol. The van der Waals surface area contributed by atoms with Gasteiger partial charge in [0.1, 0.15) is 17.3 Å². The minimum atomic E-state index is -0.988. The summed E-state index contributed by atoms with van der Waals surface area (Å²) in [7, 11) is 0. The molecule has 7 nitrogen and oxygen atoms in total. The molecule has 0 aromatic rings. The van der Waals surface area contributed by atoms with E-state index in [4.69, 9.17) is 9.47 Å². The number of rotatable bonds is 2. The highest BCUT2D eigenvalue weighted by atomic mass is 32.2. The Labute approximate surface area is 165 Å². The van der Waals surface area contributed by atoms with Gasteiger partial charge in [-0.25, -0.2) is 9.59 Å². The molecule has 1 saturated heterocycles. The third-order valence-corrected chi connectivity index (χ3v) is 5.57. The lowest BCUT2D eigenvalue weighted by Crippen LogP contribution is -2.58. The van der Waals surface area contributed by atoms with E-state index in [9.17, 15) is 14.9 Å². The summed E-state index contributed by atoms with van der Waals surface area (Å²) in [6.45, 7) is 10.4. The van der Waals surface area contributed by atoms with Crippen LogP contribution in [-0.4, -0.2) is 53.6 Å². The van der Waals surface area contributed by atoms with Crippen molar-refractivity contribution in [3.8, 4) is 6.07 Å². The molecule has 150 valence electrons. The summed E-state index contributed by atoms with van der Waals surface area (Å²) in [6, 6.07) is 1.58. The average Bonchev–Trinajstić information content (AvgIpc) is 2.56. The summed E-state index contributed by atoms with van der Waals surface area (Å²) < 4.78 is 11.1. The molecule has 0 aliphatic carbocycles. The lowest BCUT2D eigenvalue weighted by molar-refractivity contribution is -0.155. The Kier molecular flexibility index (Phi) is 6.35. The van der Waals surface area contributed by atoms with E-state index in [0.717, 1.165) is 19.4 Å². The molecule has 0 aromatic carbocycles. The Morgan fingerprint density at radius 1 is 1.44 bits per heavy atom. The van der Waals surface area contributed by atoms with Crippen LogP contribution in [-0.2, 0) is 14.3 Å². The number of amides is 1. The van der Waals surface area contributed by atoms with Crippen LogP contribution in [0.5, 0.6) is 0 Å². The molecule has 1 N–H and O–H groups in total. The number of hydrogen-bond donors (Lipinski definition) is 1. The van der Waals surface area contributed by atoms with Crippen LogP contribution in [0, 0.1) is 17.2 Å². The molecule has 1 fully saturated rings. The zero-order valence-electron chi connectivity index (χ0n) is 16.9. The summed E-state index contributed by atoms with van der Waals surface area (Å²) in [5.41, 5.74) is -1.59. The minimum absolute atomic E-state index is 0.0224. The molecule has 2 rings (SSSR count). The van der Waals surface area contributed by atoms with Gasteiger partial charge in [-0.1, -0.05) is 0 Å². The van der Waals surface area contributed by atoms with Gasteiger partial charge in [-0.15, -0.1) is 11.8 Å². The number of cyclic esters (lactones) is 1. The molecule has 2 atom stereocenters. The van der Waals surface area contributed by atoms with E-state index in [-0.39, 0.29) is 11.5 Å². The number of hydrogen-bond acceptors (Lipinski definition) is 7. The van der Waals surface area contributed by atoms with E-state index in [2.05, 4.69) is 10.2 Å². The SMILES string of the molecule is CS/C1=C(\C#N)C(=O)OC(C)(C)C(NC(=O)OC(C)(C)C)[C@@H]2CCCN1C2. The molecular formula is C19H29N3O4S. The lowest BCUT2D eigenvalue weighted by atomic mass is 9.82. The van der Waals surface area contributed by atoms with E-state index >= 15 is 0 Å². The summed E-state index contributed by atoms with van der Waals surface area (Å²) >= 11 is 1.38. The third-order valence-electron chi connectivity index (χ3n) is 4.72. The van der Waals surface area contributed by atoms with E-state index in [0.29, 0.717) is 11.6 Å². The van der Waals surface area contributed by atoms with Crippen molar-refractivity contribution < 1.29 is 19.1 Å². The fraction of sp³-hybridized carbons (Fsp3) is 0.737. The Morgan fingerprint density at radius 2 is 2.11 bits per heavy atom. The van der Waals surface area contributed by atoms with Crippen molar-refractivity contribution in [2.45, 2.75) is 64.7 Å². The van der Waals surface area contributed by atoms with E-state index < -0.39 is 29.3 Å². The zero-order chi connectivity index (χ0) is 20.4. The molecule has 1 amide bonds. The van der Waals surface area contributed by atoms with Crippen LogP contribution in [0.3, 0.4) is 0 Å². The summed E-state index contributed by atoms with van der Waals surface area (Å²) in [6.07, 6.45) is 3.11. The van der Waals surface area contributed by atoms with Gasteiger partial charge in [0.15, 0.2) is 5.57 Å². The number of alkyl carbamates (subject to hydrolysis) is 1. The molecule has 27 heavy (non-hydrogen) atoms. The van der Waals surface area contributed by atoms with Crippen molar-refractivity contribution in [2.75, 3.05) is 19.3 Å². The standard InChI is InChI=1S/C19H29N3O4S/c1-18(2,3)26-17(24)21-14-12-8-7-9-22(11-12)15(27-6)13(10-20)16(23)25-19(14,4)5/h12,14H,7-9,11H2,1-6H3,(H,21,24)/b15-13+/t12-,14?/m1/s1. The molecule has 2 aliphatic heterocycles. The second-order valence-corrected chi connectivity index (χ2v) is 9.26. The van der Waals surface area contributed by atoms with E-state index in [1.807, 2.05) is 12.3 Å². The monoisotopic (exact) mass is 395 g/mol. The number of ether oxygens (including phenoxy) is 2. The highest BCUT2D eigenvalue weighted by Gasteiger charge is 2.44. The van der Waals surface area contributed by atoms with Gasteiger partial charge in [0.05, 0.1) is 11.1 Å². The van der Waals surface area contributed by atoms with Gasteiger partial charge in [-0.05, 0) is 53.7 Å². The van der Waals surface area contributed by atoms with Gasteiger partial charge in [-0.2, -0.15) is 5.26 Å². The molecule has 2 bridgehead atoms. The predicted molar refractivity (Wildman–Crippen MR) is 104 cm³/mol. The van der Waals surface area contributed by atoms with Crippen LogP contribution in [0.2, 0.25) is 0 Å². The fourth-order valence-corrected chi connectivity index (χ4v) is 4.44. The maximum atomic E-state index is 12.7. The molecule has 0 radical (unpaired) electrons. The molecular weight excluding hydrogens is 366 g/mol. The highest BCUT2D eigenvalue weighted by Crippen LogP contribution is 2.35. The maximum Gasteiger partial charge on any atom is 0.408 e. The zero-order valence-corrected chi connectivity index (χ0v) is 17.7. The van der Waals surface area contributed by atoms with Crippen molar-refractivity contribution in [1.82, 2.24) is 10.2 Å². The first-order chi connectivity index (χ1) is 12.5. The van der Waals surface area contributed by atoms with Gasteiger partial charge in [0.2, 0.25) is 0 Å². The summed E-state index contributed by atoms with van der Waals surface area (Å²) in [5, 5.41) is 13.1. The Balaban J connectivity index is 2.39. The van der Waals surface area contributed by atoms with E-state index in [1.54, 1.807) is 34.6 Å². The number of nitriles is 1. The number of fused-ring (bicyclic) bond motifs is 2. The number of esters is 1. The first-order valence-corrected chi connectivity index (χ1v) is 10.4. The molecule has 1 unspecified atom stereocenters. The molecule has 0 spiro atoms. The first kappa shape index (κ1) is 21.4. The number of thioether (sulfide) groups is 1. The number of nitrogens with zero attached hydrogens (tertiary/aromatic N) is 2. The van der Waals surface area contributed by atoms with Gasteiger partial charge >= 0.3 is 12.1 Å². The topological polar surface area (TPSA) is 91.7 Å². The number of carbonyl (C=O) groups excluding carboxylic acids is 2. The van der Waals surface area contributed by atoms with E-state index in [1.165, 1.54) is 11.8 Å². The number of piperidine rings is 1. The van der Waals surface area contributed by atoms with Gasteiger partial charge in [0.25, 0.3) is 0 Å². The van der Waals surface area contributed by atoms with Crippen LogP contribution in [0.4, 0.5) is 4.79 Å². The Hall–Kier alpha value is -1.88. The predicted octanol–water partition coefficient (Wildman–Crippen LogP) is 3.03. The van der Waals surface area contributed by atoms with Crippen molar-refractivity contribution in [3.63, 3.8) is 0 Å². The van der Waals surface area contributed by atoms with Crippen LogP contribution in [0.25, 0.3) is 0 Å². The second kappa shape index (κ2) is 8.01. The third kappa shape index (κ3) is 5.10. The van der Waals surface area contributed by atoms with Crippen LogP contribution >= 0.6 is 11.8 Å². The molecule has 8 heteroatoms. The van der Waals surface area contributed by atoms with Crippen LogP contribution in [0.1, 0.15) is 47.5 Å². The van der Waals surface area contributed by atoms with Crippen molar-refractivity contribution in [3.05, 3.63) is 10.6 Å². The number of carbonyl (C=O) groups is 2. The van der Waals surface area contributed by atoms with Crippen molar-refractivity contribution in [2.24, 2.45) is 5.92 Å². The fourth-order valence-electron chi connectivity index (χ4n) is 3.68. The lowest BCUT2D eigenvalue weighted by Gasteiger charge is -2.43. The van der Waals surface area contributed by atoms with Crippen LogP contribution in [0.15, 0.2) is 10.6 Å². The minimum Gasteiger partial charge on any atom is -0.453 e. The first-order valence-electron chi connectivity index (χ1n) is 9.14. The second-order valence-electron chi connectivity index (χ2n) is 8.46. The highest BCUT2D eigenvalue weighted by molar-refractivity contribution is 8.02. The van der Waals surface area contributed by atoms with Gasteiger partial charge < -0.3 is 19.7 Å². The number of nitrogens with one attached hydrogen (secondary N) is 1. The Bertz CT molecular complexity index is 675. The molecule has 0 aromatic heterocycles.